The number of rotatable bonds is 4. The van der Waals surface area contributed by atoms with Crippen molar-refractivity contribution in [2.75, 3.05) is 4.90 Å². The molecular formula is C18H15N3O. The van der Waals surface area contributed by atoms with Gasteiger partial charge in [0.1, 0.15) is 0 Å². The molecule has 0 aliphatic heterocycles. The van der Waals surface area contributed by atoms with E-state index in [0.29, 0.717) is 11.5 Å². The molecule has 0 saturated carbocycles. The maximum absolute atomic E-state index is 11.4. The number of carbonyl (C=O) groups is 1. The molecule has 0 N–H and O–H groups in total. The van der Waals surface area contributed by atoms with Gasteiger partial charge in [0.25, 0.3) is 0 Å². The van der Waals surface area contributed by atoms with Crippen molar-refractivity contribution < 1.29 is 4.79 Å². The van der Waals surface area contributed by atoms with Gasteiger partial charge in [0.2, 0.25) is 5.95 Å². The largest absolute Gasteiger partial charge is 0.294 e. The van der Waals surface area contributed by atoms with Crippen LogP contribution < -0.4 is 4.90 Å². The lowest BCUT2D eigenvalue weighted by molar-refractivity contribution is 0.101. The van der Waals surface area contributed by atoms with Crippen LogP contribution in [0.1, 0.15) is 17.3 Å². The Balaban J connectivity index is 2.08. The molecule has 0 radical (unpaired) electrons. The van der Waals surface area contributed by atoms with E-state index in [9.17, 15) is 4.79 Å². The molecule has 22 heavy (non-hydrogen) atoms. The maximum Gasteiger partial charge on any atom is 0.234 e. The zero-order chi connectivity index (χ0) is 15.4. The molecule has 0 amide bonds. The topological polar surface area (TPSA) is 46.1 Å². The van der Waals surface area contributed by atoms with Crippen molar-refractivity contribution >= 4 is 23.1 Å². The lowest BCUT2D eigenvalue weighted by atomic mass is 10.2. The molecule has 2 aromatic carbocycles. The Labute approximate surface area is 129 Å². The average molecular weight is 289 g/mol. The van der Waals surface area contributed by atoms with Gasteiger partial charge in [0, 0.05) is 23.8 Å². The number of hydrogen-bond donors (Lipinski definition) is 0. The lowest BCUT2D eigenvalue weighted by Gasteiger charge is -2.22. The SMILES string of the molecule is CC(=O)c1cnc(N(c2ccccc2)c2ccccc2)nc1. The van der Waals surface area contributed by atoms with Crippen LogP contribution in [-0.2, 0) is 0 Å². The van der Waals surface area contributed by atoms with Crippen LogP contribution in [0.3, 0.4) is 0 Å². The van der Waals surface area contributed by atoms with Crippen molar-refractivity contribution in [1.82, 2.24) is 9.97 Å². The third kappa shape index (κ3) is 2.86. The maximum atomic E-state index is 11.4. The number of anilines is 3. The van der Waals surface area contributed by atoms with Crippen LogP contribution in [0.5, 0.6) is 0 Å². The molecule has 0 saturated heterocycles. The predicted octanol–water partition coefficient (Wildman–Crippen LogP) is 4.15. The summed E-state index contributed by atoms with van der Waals surface area (Å²) >= 11 is 0. The van der Waals surface area contributed by atoms with Crippen LogP contribution in [0.4, 0.5) is 17.3 Å². The predicted molar refractivity (Wildman–Crippen MR) is 86.7 cm³/mol. The highest BCUT2D eigenvalue weighted by Gasteiger charge is 2.14. The van der Waals surface area contributed by atoms with E-state index < -0.39 is 0 Å². The molecule has 0 bridgehead atoms. The zero-order valence-corrected chi connectivity index (χ0v) is 12.2. The number of aromatic nitrogens is 2. The summed E-state index contributed by atoms with van der Waals surface area (Å²) in [5, 5.41) is 0. The molecule has 108 valence electrons. The van der Waals surface area contributed by atoms with Gasteiger partial charge in [0.05, 0.1) is 5.56 Å². The van der Waals surface area contributed by atoms with Gasteiger partial charge in [0.15, 0.2) is 5.78 Å². The van der Waals surface area contributed by atoms with Gasteiger partial charge < -0.3 is 0 Å². The van der Waals surface area contributed by atoms with Crippen LogP contribution in [0.2, 0.25) is 0 Å². The molecule has 0 aliphatic carbocycles. The molecule has 0 aliphatic rings. The van der Waals surface area contributed by atoms with E-state index in [1.54, 1.807) is 12.4 Å². The van der Waals surface area contributed by atoms with E-state index in [4.69, 9.17) is 0 Å². The number of Topliss-reactive ketones (excluding diaryl/α,β-unsaturated/α-hetero) is 1. The summed E-state index contributed by atoms with van der Waals surface area (Å²) in [7, 11) is 0. The first-order chi connectivity index (χ1) is 10.8. The molecule has 0 unspecified atom stereocenters. The van der Waals surface area contributed by atoms with Gasteiger partial charge in [-0.15, -0.1) is 0 Å². The molecule has 1 heterocycles. The summed E-state index contributed by atoms with van der Waals surface area (Å²) < 4.78 is 0. The summed E-state index contributed by atoms with van der Waals surface area (Å²) in [4.78, 5) is 22.0. The van der Waals surface area contributed by atoms with Crippen molar-refractivity contribution in [3.05, 3.63) is 78.6 Å². The van der Waals surface area contributed by atoms with Gasteiger partial charge in [-0.1, -0.05) is 36.4 Å². The standard InChI is InChI=1S/C18H15N3O/c1-14(22)15-12-19-18(20-13-15)21(16-8-4-2-5-9-16)17-10-6-3-7-11-17/h2-13H,1H3. The van der Waals surface area contributed by atoms with Crippen LogP contribution in [-0.4, -0.2) is 15.8 Å². The molecule has 1 aromatic heterocycles. The van der Waals surface area contributed by atoms with Crippen LogP contribution in [0, 0.1) is 0 Å². The third-order valence-electron chi connectivity index (χ3n) is 3.27. The Hall–Kier alpha value is -3.01. The highest BCUT2D eigenvalue weighted by Crippen LogP contribution is 2.31. The third-order valence-corrected chi connectivity index (χ3v) is 3.27. The first kappa shape index (κ1) is 13.9. The molecule has 0 atom stereocenters. The average Bonchev–Trinajstić information content (AvgIpc) is 2.57. The van der Waals surface area contributed by atoms with E-state index in [2.05, 4.69) is 9.97 Å². The minimum atomic E-state index is -0.0440. The quantitative estimate of drug-likeness (QED) is 0.677. The summed E-state index contributed by atoms with van der Waals surface area (Å²) in [5.41, 5.74) is 2.43. The Morgan fingerprint density at radius 2 is 1.27 bits per heavy atom. The fourth-order valence-corrected chi connectivity index (χ4v) is 2.15. The van der Waals surface area contributed by atoms with Gasteiger partial charge in [-0.25, -0.2) is 9.97 Å². The van der Waals surface area contributed by atoms with Gasteiger partial charge in [-0.3, -0.25) is 9.69 Å². The Morgan fingerprint density at radius 1 is 0.818 bits per heavy atom. The molecule has 3 aromatic rings. The van der Waals surface area contributed by atoms with Crippen molar-refractivity contribution in [2.24, 2.45) is 0 Å². The van der Waals surface area contributed by atoms with Crippen LogP contribution in [0.25, 0.3) is 0 Å². The van der Waals surface area contributed by atoms with E-state index >= 15 is 0 Å². The second-order valence-electron chi connectivity index (χ2n) is 4.83. The summed E-state index contributed by atoms with van der Waals surface area (Å²) in [5.74, 6) is 0.486. The normalized spacial score (nSPS) is 10.2. The fourth-order valence-electron chi connectivity index (χ4n) is 2.15. The minimum absolute atomic E-state index is 0.0440. The summed E-state index contributed by atoms with van der Waals surface area (Å²) in [6.07, 6.45) is 3.12. The number of ketones is 1. The van der Waals surface area contributed by atoms with Crippen molar-refractivity contribution in [2.45, 2.75) is 6.92 Å². The molecular weight excluding hydrogens is 274 g/mol. The number of para-hydroxylation sites is 2. The van der Waals surface area contributed by atoms with Gasteiger partial charge >= 0.3 is 0 Å². The van der Waals surface area contributed by atoms with Gasteiger partial charge in [-0.2, -0.15) is 0 Å². The van der Waals surface area contributed by atoms with E-state index in [1.165, 1.54) is 6.92 Å². The molecule has 3 rings (SSSR count). The fraction of sp³-hybridized carbons (Fsp3) is 0.0556. The number of nitrogens with zero attached hydrogens (tertiary/aromatic N) is 3. The smallest absolute Gasteiger partial charge is 0.234 e. The lowest BCUT2D eigenvalue weighted by Crippen LogP contribution is -2.13. The summed E-state index contributed by atoms with van der Waals surface area (Å²) in [6.45, 7) is 1.50. The van der Waals surface area contributed by atoms with E-state index in [-0.39, 0.29) is 5.78 Å². The number of carbonyl (C=O) groups excluding carboxylic acids is 1. The second kappa shape index (κ2) is 6.18. The van der Waals surface area contributed by atoms with Crippen molar-refractivity contribution in [3.63, 3.8) is 0 Å². The highest BCUT2D eigenvalue weighted by molar-refractivity contribution is 5.93. The first-order valence-electron chi connectivity index (χ1n) is 6.99. The van der Waals surface area contributed by atoms with Crippen LogP contribution in [0.15, 0.2) is 73.1 Å². The van der Waals surface area contributed by atoms with Gasteiger partial charge in [-0.05, 0) is 31.2 Å². The molecule has 4 nitrogen and oxygen atoms in total. The van der Waals surface area contributed by atoms with Crippen molar-refractivity contribution in [3.8, 4) is 0 Å². The number of hydrogen-bond acceptors (Lipinski definition) is 4. The Morgan fingerprint density at radius 3 is 1.68 bits per heavy atom. The molecule has 0 fully saturated rings. The van der Waals surface area contributed by atoms with Crippen LogP contribution >= 0.6 is 0 Å². The molecule has 0 spiro atoms. The van der Waals surface area contributed by atoms with Crippen molar-refractivity contribution in [1.29, 1.82) is 0 Å². The first-order valence-corrected chi connectivity index (χ1v) is 6.99. The number of benzene rings is 2. The Bertz CT molecular complexity index is 716. The van der Waals surface area contributed by atoms with E-state index in [0.717, 1.165) is 11.4 Å². The Kier molecular flexibility index (Phi) is 3.92. The van der Waals surface area contributed by atoms with E-state index in [1.807, 2.05) is 65.6 Å². The zero-order valence-electron chi connectivity index (χ0n) is 12.2. The highest BCUT2D eigenvalue weighted by atomic mass is 16.1. The minimum Gasteiger partial charge on any atom is -0.294 e. The summed E-state index contributed by atoms with van der Waals surface area (Å²) in [6, 6.07) is 19.8. The second-order valence-corrected chi connectivity index (χ2v) is 4.83. The monoisotopic (exact) mass is 289 g/mol. The molecule has 4 heteroatoms.